The maximum Gasteiger partial charge on any atom is 0.323 e. The van der Waals surface area contributed by atoms with E-state index >= 15 is 0 Å². The van der Waals surface area contributed by atoms with E-state index in [1.807, 2.05) is 0 Å². The van der Waals surface area contributed by atoms with E-state index in [-0.39, 0.29) is 0 Å². The van der Waals surface area contributed by atoms with E-state index < -0.39 is 8.56 Å². The van der Waals surface area contributed by atoms with Crippen molar-refractivity contribution in [2.24, 2.45) is 0 Å². The predicted molar refractivity (Wildman–Crippen MR) is 94.3 cm³/mol. The molecular weight excluding hydrogens is 286 g/mol. The van der Waals surface area contributed by atoms with Gasteiger partial charge in [-0.1, -0.05) is 30.3 Å². The maximum absolute atomic E-state index is 2.93. The second kappa shape index (κ2) is 6.44. The fraction of sp³-hybridized carbons (Fsp3) is 0.667. The molecular formula is C18H29N3Si. The SMILES string of the molecule is c1ccc([Si](N2CCCC2)(N2CCCC2)N2CCCC2)cc1. The quantitative estimate of drug-likeness (QED) is 0.788. The molecule has 0 radical (unpaired) electrons. The second-order valence-corrected chi connectivity index (χ2v) is 10.8. The summed E-state index contributed by atoms with van der Waals surface area (Å²) in [5.41, 5.74) is 0. The van der Waals surface area contributed by atoms with Crippen LogP contribution in [-0.2, 0) is 0 Å². The van der Waals surface area contributed by atoms with Crippen LogP contribution in [0.1, 0.15) is 38.5 Å². The third-order valence-corrected chi connectivity index (χ3v) is 10.9. The summed E-state index contributed by atoms with van der Waals surface area (Å²) in [4.78, 5) is 0. The van der Waals surface area contributed by atoms with Gasteiger partial charge in [-0.3, -0.25) is 13.7 Å². The molecule has 3 aliphatic rings. The molecule has 3 saturated heterocycles. The molecule has 120 valence electrons. The zero-order valence-electron chi connectivity index (χ0n) is 13.7. The summed E-state index contributed by atoms with van der Waals surface area (Å²) >= 11 is 0. The highest BCUT2D eigenvalue weighted by atomic mass is 28.4. The third kappa shape index (κ3) is 2.37. The van der Waals surface area contributed by atoms with Crippen molar-refractivity contribution in [3.63, 3.8) is 0 Å². The van der Waals surface area contributed by atoms with Crippen molar-refractivity contribution >= 4 is 13.7 Å². The van der Waals surface area contributed by atoms with Crippen molar-refractivity contribution < 1.29 is 0 Å². The highest BCUT2D eigenvalue weighted by Crippen LogP contribution is 2.30. The smallest absolute Gasteiger partial charge is 0.296 e. The van der Waals surface area contributed by atoms with E-state index in [1.165, 1.54) is 77.8 Å². The third-order valence-electron chi connectivity index (χ3n) is 5.80. The van der Waals surface area contributed by atoms with Crippen molar-refractivity contribution in [2.75, 3.05) is 39.3 Å². The lowest BCUT2D eigenvalue weighted by molar-refractivity contribution is 0.315. The molecule has 0 amide bonds. The van der Waals surface area contributed by atoms with Crippen LogP contribution in [-0.4, -0.2) is 61.5 Å². The standard InChI is InChI=1S/C18H29N3Si/c1-2-10-18(11-3-1)22(19-12-4-5-13-19,20-14-6-7-15-20)21-16-8-9-17-21/h1-3,10-11H,4-9,12-17H2. The van der Waals surface area contributed by atoms with Crippen LogP contribution in [0.4, 0.5) is 0 Å². The van der Waals surface area contributed by atoms with E-state index in [9.17, 15) is 0 Å². The van der Waals surface area contributed by atoms with Gasteiger partial charge < -0.3 is 0 Å². The first-order valence-corrected chi connectivity index (χ1v) is 11.1. The van der Waals surface area contributed by atoms with Crippen molar-refractivity contribution in [3.8, 4) is 0 Å². The molecule has 3 aliphatic heterocycles. The second-order valence-electron chi connectivity index (χ2n) is 7.08. The van der Waals surface area contributed by atoms with Gasteiger partial charge in [-0.2, -0.15) is 0 Å². The van der Waals surface area contributed by atoms with Gasteiger partial charge in [0.15, 0.2) is 0 Å². The molecule has 0 atom stereocenters. The Bertz CT molecular complexity index is 434. The van der Waals surface area contributed by atoms with Crippen LogP contribution in [0.15, 0.2) is 30.3 Å². The van der Waals surface area contributed by atoms with Gasteiger partial charge in [-0.15, -0.1) is 0 Å². The minimum Gasteiger partial charge on any atom is -0.296 e. The van der Waals surface area contributed by atoms with Crippen molar-refractivity contribution in [1.29, 1.82) is 0 Å². The largest absolute Gasteiger partial charge is 0.323 e. The molecule has 1 aromatic rings. The summed E-state index contributed by atoms with van der Waals surface area (Å²) in [7, 11) is -1.87. The molecule has 4 heteroatoms. The maximum atomic E-state index is 2.93. The molecule has 1 aromatic carbocycles. The molecule has 3 fully saturated rings. The van der Waals surface area contributed by atoms with Crippen LogP contribution in [0.5, 0.6) is 0 Å². The number of rotatable bonds is 4. The molecule has 0 bridgehead atoms. The number of nitrogens with zero attached hydrogens (tertiary/aromatic N) is 3. The average Bonchev–Trinajstić information content (AvgIpc) is 3.34. The minimum absolute atomic E-state index is 1.31. The van der Waals surface area contributed by atoms with Gasteiger partial charge in [0.1, 0.15) is 0 Å². The average molecular weight is 316 g/mol. The molecule has 0 aromatic heterocycles. The van der Waals surface area contributed by atoms with E-state index in [1.54, 1.807) is 5.19 Å². The van der Waals surface area contributed by atoms with Crippen LogP contribution >= 0.6 is 0 Å². The van der Waals surface area contributed by atoms with Crippen LogP contribution in [0.3, 0.4) is 0 Å². The summed E-state index contributed by atoms with van der Waals surface area (Å²) in [6, 6.07) is 11.6. The lowest BCUT2D eigenvalue weighted by Crippen LogP contribution is -2.80. The Morgan fingerprint density at radius 1 is 0.545 bits per heavy atom. The Hall–Kier alpha value is -0.683. The first-order chi connectivity index (χ1) is 10.9. The van der Waals surface area contributed by atoms with Gasteiger partial charge in [0.25, 0.3) is 0 Å². The van der Waals surface area contributed by atoms with Gasteiger partial charge in [0.2, 0.25) is 0 Å². The Balaban J connectivity index is 1.82. The Labute approximate surface area is 136 Å². The predicted octanol–water partition coefficient (Wildman–Crippen LogP) is 2.12. The topological polar surface area (TPSA) is 9.72 Å². The fourth-order valence-corrected chi connectivity index (χ4v) is 10.7. The van der Waals surface area contributed by atoms with E-state index in [0.717, 1.165) is 0 Å². The Morgan fingerprint density at radius 3 is 1.27 bits per heavy atom. The lowest BCUT2D eigenvalue weighted by atomic mass is 10.4. The molecule has 4 rings (SSSR count). The molecule has 0 spiro atoms. The van der Waals surface area contributed by atoms with Crippen LogP contribution in [0.2, 0.25) is 0 Å². The monoisotopic (exact) mass is 315 g/mol. The summed E-state index contributed by atoms with van der Waals surface area (Å²) in [5, 5.41) is 1.64. The van der Waals surface area contributed by atoms with Gasteiger partial charge in [0, 0.05) is 0 Å². The summed E-state index contributed by atoms with van der Waals surface area (Å²) in [6.07, 6.45) is 8.35. The van der Waals surface area contributed by atoms with Gasteiger partial charge in [-0.05, 0) is 83.0 Å². The zero-order chi connectivity index (χ0) is 14.8. The molecule has 3 heterocycles. The first kappa shape index (κ1) is 14.9. The molecule has 3 nitrogen and oxygen atoms in total. The van der Waals surface area contributed by atoms with Crippen molar-refractivity contribution in [1.82, 2.24) is 13.7 Å². The summed E-state index contributed by atoms with van der Waals surface area (Å²) in [6.45, 7) is 7.88. The first-order valence-electron chi connectivity index (χ1n) is 9.23. The molecule has 0 saturated carbocycles. The Morgan fingerprint density at radius 2 is 0.909 bits per heavy atom. The summed E-state index contributed by atoms with van der Waals surface area (Å²) in [5.74, 6) is 0. The van der Waals surface area contributed by atoms with Crippen LogP contribution in [0, 0.1) is 0 Å². The van der Waals surface area contributed by atoms with Crippen LogP contribution < -0.4 is 5.19 Å². The van der Waals surface area contributed by atoms with E-state index in [0.29, 0.717) is 0 Å². The van der Waals surface area contributed by atoms with Gasteiger partial charge in [-0.25, -0.2) is 0 Å². The van der Waals surface area contributed by atoms with Crippen LogP contribution in [0.25, 0.3) is 0 Å². The highest BCUT2D eigenvalue weighted by molar-refractivity contribution is 6.85. The zero-order valence-corrected chi connectivity index (χ0v) is 14.7. The molecule has 0 aliphatic carbocycles. The molecule has 0 unspecified atom stereocenters. The number of benzene rings is 1. The molecule has 0 N–H and O–H groups in total. The van der Waals surface area contributed by atoms with E-state index in [4.69, 9.17) is 0 Å². The van der Waals surface area contributed by atoms with Gasteiger partial charge in [0.05, 0.1) is 0 Å². The van der Waals surface area contributed by atoms with E-state index in [2.05, 4.69) is 44.0 Å². The number of hydrogen-bond donors (Lipinski definition) is 0. The Kier molecular flexibility index (Phi) is 4.35. The normalized spacial score (nSPS) is 25.3. The van der Waals surface area contributed by atoms with Gasteiger partial charge >= 0.3 is 8.56 Å². The minimum atomic E-state index is -1.87. The summed E-state index contributed by atoms with van der Waals surface area (Å²) < 4.78 is 8.79. The molecule has 22 heavy (non-hydrogen) atoms. The highest BCUT2D eigenvalue weighted by Gasteiger charge is 2.54. The lowest BCUT2D eigenvalue weighted by Gasteiger charge is -2.51. The number of hydrogen-bond acceptors (Lipinski definition) is 3. The van der Waals surface area contributed by atoms with Crippen molar-refractivity contribution in [2.45, 2.75) is 38.5 Å². The fourth-order valence-electron chi connectivity index (χ4n) is 4.90. The van der Waals surface area contributed by atoms with Crippen molar-refractivity contribution in [3.05, 3.63) is 30.3 Å².